The monoisotopic (exact) mass is 480 g/mol. The molecule has 0 aliphatic rings. The molecule has 4 nitrogen and oxygen atoms in total. The van der Waals surface area contributed by atoms with Crippen molar-refractivity contribution >= 4 is 46.8 Å². The Balaban J connectivity index is 2.07. The molecule has 0 radical (unpaired) electrons. The first-order chi connectivity index (χ1) is 15.0. The molecule has 0 saturated heterocycles. The third-order valence-corrected chi connectivity index (χ3v) is 6.61. The highest BCUT2D eigenvalue weighted by Crippen LogP contribution is 2.24. The van der Waals surface area contributed by atoms with Crippen molar-refractivity contribution in [3.8, 4) is 0 Å². The molecule has 2 aromatic rings. The minimum absolute atomic E-state index is 0.0369. The van der Waals surface area contributed by atoms with Crippen LogP contribution in [0.2, 0.25) is 10.0 Å². The molecule has 0 spiro atoms. The summed E-state index contributed by atoms with van der Waals surface area (Å²) < 4.78 is 0. The molecule has 1 N–H and O–H groups in total. The van der Waals surface area contributed by atoms with Crippen molar-refractivity contribution < 1.29 is 9.59 Å². The molecule has 0 fully saturated rings. The molecule has 0 heterocycles. The van der Waals surface area contributed by atoms with E-state index in [1.165, 1.54) is 5.56 Å². The quantitative estimate of drug-likeness (QED) is 0.381. The molecule has 1 atom stereocenters. The van der Waals surface area contributed by atoms with Gasteiger partial charge in [0.25, 0.3) is 0 Å². The van der Waals surface area contributed by atoms with Crippen LogP contribution < -0.4 is 5.32 Å². The van der Waals surface area contributed by atoms with Crippen LogP contribution in [0.5, 0.6) is 0 Å². The molecule has 0 aliphatic carbocycles. The number of nitrogens with one attached hydrogen (secondary N) is 1. The fraction of sp³-hybridized carbons (Fsp3) is 0.417. The Morgan fingerprint density at radius 2 is 1.77 bits per heavy atom. The van der Waals surface area contributed by atoms with Crippen LogP contribution in [0.4, 0.5) is 0 Å². The van der Waals surface area contributed by atoms with Gasteiger partial charge < -0.3 is 10.2 Å². The summed E-state index contributed by atoms with van der Waals surface area (Å²) in [4.78, 5) is 27.6. The van der Waals surface area contributed by atoms with E-state index in [0.29, 0.717) is 41.7 Å². The van der Waals surface area contributed by atoms with Gasteiger partial charge in [-0.05, 0) is 36.1 Å². The molecule has 7 heteroatoms. The van der Waals surface area contributed by atoms with Gasteiger partial charge in [0.2, 0.25) is 11.8 Å². The Kier molecular flexibility index (Phi) is 11.3. The van der Waals surface area contributed by atoms with Crippen molar-refractivity contribution in [1.29, 1.82) is 0 Å². The van der Waals surface area contributed by atoms with Gasteiger partial charge in [0.05, 0.1) is 10.0 Å². The number of carbonyl (C=O) groups excluding carboxylic acids is 2. The second-order valence-electron chi connectivity index (χ2n) is 7.27. The summed E-state index contributed by atoms with van der Waals surface area (Å²) in [6.07, 6.45) is 1.76. The first-order valence-corrected chi connectivity index (χ1v) is 12.5. The van der Waals surface area contributed by atoms with E-state index in [1.54, 1.807) is 28.8 Å². The van der Waals surface area contributed by atoms with Gasteiger partial charge in [0.15, 0.2) is 0 Å². The summed E-state index contributed by atoms with van der Waals surface area (Å²) in [6.45, 7) is 4.84. The number of halogens is 2. The minimum Gasteiger partial charge on any atom is -0.354 e. The molecule has 0 saturated carbocycles. The normalized spacial score (nSPS) is 11.7. The van der Waals surface area contributed by atoms with E-state index in [-0.39, 0.29) is 11.8 Å². The number of rotatable bonds is 12. The van der Waals surface area contributed by atoms with Crippen molar-refractivity contribution in [2.75, 3.05) is 12.3 Å². The number of nitrogens with zero attached hydrogens (tertiary/aromatic N) is 1. The van der Waals surface area contributed by atoms with E-state index >= 15 is 0 Å². The molecule has 0 unspecified atom stereocenters. The van der Waals surface area contributed by atoms with Crippen LogP contribution in [0.1, 0.15) is 44.2 Å². The maximum atomic E-state index is 13.2. The minimum atomic E-state index is -0.521. The van der Waals surface area contributed by atoms with E-state index < -0.39 is 6.04 Å². The molecule has 0 aliphatic heterocycles. The molecule has 2 amide bonds. The Labute approximate surface area is 199 Å². The van der Waals surface area contributed by atoms with Crippen LogP contribution >= 0.6 is 35.0 Å². The number of carbonyl (C=O) groups is 2. The molecule has 168 valence electrons. The molecule has 0 bridgehead atoms. The first-order valence-electron chi connectivity index (χ1n) is 10.6. The van der Waals surface area contributed by atoms with Crippen molar-refractivity contribution in [3.63, 3.8) is 0 Å². The zero-order chi connectivity index (χ0) is 22.6. The zero-order valence-electron chi connectivity index (χ0n) is 18.1. The fourth-order valence-electron chi connectivity index (χ4n) is 3.19. The zero-order valence-corrected chi connectivity index (χ0v) is 20.4. The highest BCUT2D eigenvalue weighted by molar-refractivity contribution is 7.98. The summed E-state index contributed by atoms with van der Waals surface area (Å²) >= 11 is 13.9. The van der Waals surface area contributed by atoms with E-state index in [9.17, 15) is 9.59 Å². The molecular formula is C24H30Cl2N2O2S. The van der Waals surface area contributed by atoms with Crippen molar-refractivity contribution in [2.45, 2.75) is 51.4 Å². The van der Waals surface area contributed by atoms with Gasteiger partial charge in [-0.3, -0.25) is 9.59 Å². The lowest BCUT2D eigenvalue weighted by Crippen LogP contribution is -2.49. The Morgan fingerprint density at radius 1 is 1.03 bits per heavy atom. The van der Waals surface area contributed by atoms with Gasteiger partial charge in [0, 0.05) is 31.0 Å². The van der Waals surface area contributed by atoms with Crippen LogP contribution in [0.3, 0.4) is 0 Å². The van der Waals surface area contributed by atoms with Crippen molar-refractivity contribution in [1.82, 2.24) is 10.2 Å². The van der Waals surface area contributed by atoms with Gasteiger partial charge in [-0.25, -0.2) is 0 Å². The van der Waals surface area contributed by atoms with Gasteiger partial charge >= 0.3 is 0 Å². The maximum absolute atomic E-state index is 13.2. The number of amides is 2. The van der Waals surface area contributed by atoms with E-state index in [1.807, 2.05) is 38.1 Å². The largest absolute Gasteiger partial charge is 0.354 e. The number of benzene rings is 2. The second kappa shape index (κ2) is 13.7. The maximum Gasteiger partial charge on any atom is 0.242 e. The molecule has 0 aromatic heterocycles. The first kappa shape index (κ1) is 25.6. The average Bonchev–Trinajstić information content (AvgIpc) is 2.78. The third kappa shape index (κ3) is 8.40. The number of thioether (sulfide) groups is 1. The van der Waals surface area contributed by atoms with E-state index in [2.05, 4.69) is 17.4 Å². The van der Waals surface area contributed by atoms with Gasteiger partial charge in [-0.2, -0.15) is 11.8 Å². The van der Waals surface area contributed by atoms with Crippen molar-refractivity contribution in [2.24, 2.45) is 0 Å². The lowest BCUT2D eigenvalue weighted by molar-refractivity contribution is -0.141. The highest BCUT2D eigenvalue weighted by Gasteiger charge is 2.28. The van der Waals surface area contributed by atoms with E-state index in [0.717, 1.165) is 17.7 Å². The molecule has 31 heavy (non-hydrogen) atoms. The number of hydrogen-bond donors (Lipinski definition) is 1. The van der Waals surface area contributed by atoms with Crippen LogP contribution in [0, 0.1) is 0 Å². The summed E-state index contributed by atoms with van der Waals surface area (Å²) in [7, 11) is 0. The summed E-state index contributed by atoms with van der Waals surface area (Å²) in [6, 6.07) is 15.0. The van der Waals surface area contributed by atoms with Crippen molar-refractivity contribution in [3.05, 3.63) is 69.7 Å². The Bertz CT molecular complexity index is 849. The van der Waals surface area contributed by atoms with E-state index in [4.69, 9.17) is 23.2 Å². The predicted molar refractivity (Wildman–Crippen MR) is 132 cm³/mol. The fourth-order valence-corrected chi connectivity index (χ4v) is 4.40. The smallest absolute Gasteiger partial charge is 0.242 e. The average molecular weight is 481 g/mol. The van der Waals surface area contributed by atoms with Gasteiger partial charge in [0.1, 0.15) is 6.04 Å². The lowest BCUT2D eigenvalue weighted by Gasteiger charge is -2.31. The standard InChI is InChI=1S/C24H30Cl2N2O2S/c1-3-13-27-24(30)22(4-2)28(16-19-10-11-20(25)21(26)15-19)23(29)12-14-31-17-18-8-6-5-7-9-18/h5-11,15,22H,3-4,12-14,16-17H2,1-2H3,(H,27,30)/t22-/m1/s1. The molecule has 2 rings (SSSR count). The Hall–Kier alpha value is -1.69. The molecule has 2 aromatic carbocycles. The van der Waals surface area contributed by atoms with Crippen LogP contribution in [0.25, 0.3) is 0 Å². The summed E-state index contributed by atoms with van der Waals surface area (Å²) in [5, 5.41) is 3.83. The Morgan fingerprint density at radius 3 is 2.42 bits per heavy atom. The highest BCUT2D eigenvalue weighted by atomic mass is 35.5. The van der Waals surface area contributed by atoms with Crippen LogP contribution in [-0.4, -0.2) is 35.1 Å². The second-order valence-corrected chi connectivity index (χ2v) is 9.19. The summed E-state index contributed by atoms with van der Waals surface area (Å²) in [5.41, 5.74) is 2.08. The molecular weight excluding hydrogens is 451 g/mol. The topological polar surface area (TPSA) is 49.4 Å². The van der Waals surface area contributed by atoms with Gasteiger partial charge in [-0.1, -0.05) is 73.4 Å². The predicted octanol–water partition coefficient (Wildman–Crippen LogP) is 5.95. The van der Waals surface area contributed by atoms with Gasteiger partial charge in [-0.15, -0.1) is 0 Å². The van der Waals surface area contributed by atoms with Crippen LogP contribution in [0.15, 0.2) is 48.5 Å². The SMILES string of the molecule is CCCNC(=O)[C@@H](CC)N(Cc1ccc(Cl)c(Cl)c1)C(=O)CCSCc1ccccc1. The number of hydrogen-bond acceptors (Lipinski definition) is 3. The third-order valence-electron chi connectivity index (χ3n) is 4.84. The van der Waals surface area contributed by atoms with Crippen LogP contribution in [-0.2, 0) is 21.9 Å². The summed E-state index contributed by atoms with van der Waals surface area (Å²) in [5.74, 6) is 1.40. The lowest BCUT2D eigenvalue weighted by atomic mass is 10.1.